The lowest BCUT2D eigenvalue weighted by Gasteiger charge is -2.08. The van der Waals surface area contributed by atoms with Gasteiger partial charge in [-0.2, -0.15) is 0 Å². The predicted octanol–water partition coefficient (Wildman–Crippen LogP) is 2.97. The summed E-state index contributed by atoms with van der Waals surface area (Å²) in [7, 11) is 0. The molecule has 2 aromatic heterocycles. The lowest BCUT2D eigenvalue weighted by atomic mass is 10.00. The van der Waals surface area contributed by atoms with Crippen molar-refractivity contribution >= 4 is 17.1 Å². The van der Waals surface area contributed by atoms with E-state index in [0.717, 1.165) is 4.88 Å². The van der Waals surface area contributed by atoms with Crippen molar-refractivity contribution in [3.8, 4) is 0 Å². The fourth-order valence-corrected chi connectivity index (χ4v) is 2.54. The van der Waals surface area contributed by atoms with Crippen LogP contribution in [0.2, 0.25) is 0 Å². The molecule has 0 radical (unpaired) electrons. The lowest BCUT2D eigenvalue weighted by molar-refractivity contribution is -0.483. The van der Waals surface area contributed by atoms with Crippen LogP contribution < -0.4 is 0 Å². The van der Waals surface area contributed by atoms with Gasteiger partial charge in [0, 0.05) is 16.2 Å². The van der Waals surface area contributed by atoms with Crippen LogP contribution in [-0.4, -0.2) is 17.3 Å². The molecule has 0 amide bonds. The van der Waals surface area contributed by atoms with Gasteiger partial charge < -0.3 is 4.42 Å². The molecule has 0 fully saturated rings. The van der Waals surface area contributed by atoms with Crippen LogP contribution >= 0.6 is 11.3 Å². The van der Waals surface area contributed by atoms with Crippen LogP contribution in [0.1, 0.15) is 27.8 Å². The third-order valence-corrected chi connectivity index (χ3v) is 3.58. The molecule has 0 unspecified atom stereocenters. The van der Waals surface area contributed by atoms with E-state index in [1.54, 1.807) is 12.1 Å². The van der Waals surface area contributed by atoms with E-state index in [2.05, 4.69) is 0 Å². The number of rotatable bonds is 6. The first-order valence-corrected chi connectivity index (χ1v) is 6.26. The van der Waals surface area contributed by atoms with Crippen molar-refractivity contribution in [1.82, 2.24) is 0 Å². The summed E-state index contributed by atoms with van der Waals surface area (Å²) in [4.78, 5) is 23.0. The quantitative estimate of drug-likeness (QED) is 0.457. The monoisotopic (exact) mass is 265 g/mol. The number of thiophene rings is 1. The maximum atomic E-state index is 11.9. The molecule has 94 valence electrons. The Balaban J connectivity index is 2.11. The summed E-state index contributed by atoms with van der Waals surface area (Å²) in [6.45, 7) is -0.243. The Morgan fingerprint density at radius 3 is 2.83 bits per heavy atom. The largest absolute Gasteiger partial charge is 0.461 e. The highest BCUT2D eigenvalue weighted by Gasteiger charge is 2.24. The summed E-state index contributed by atoms with van der Waals surface area (Å²) in [5.74, 6) is -0.349. The van der Waals surface area contributed by atoms with E-state index in [1.807, 2.05) is 17.5 Å². The maximum Gasteiger partial charge on any atom is 0.211 e. The van der Waals surface area contributed by atoms with Gasteiger partial charge in [0.15, 0.2) is 11.5 Å². The molecule has 0 saturated heterocycles. The molecule has 0 N–H and O–H groups in total. The van der Waals surface area contributed by atoms with Crippen molar-refractivity contribution in [3.05, 3.63) is 56.7 Å². The van der Waals surface area contributed by atoms with Crippen LogP contribution in [0.5, 0.6) is 0 Å². The average Bonchev–Trinajstić information content (AvgIpc) is 3.01. The van der Waals surface area contributed by atoms with Crippen molar-refractivity contribution in [3.63, 3.8) is 0 Å². The van der Waals surface area contributed by atoms with Gasteiger partial charge in [0.25, 0.3) is 0 Å². The Bertz CT molecular complexity index is 518. The molecule has 0 spiro atoms. The highest BCUT2D eigenvalue weighted by molar-refractivity contribution is 7.10. The Morgan fingerprint density at radius 1 is 1.44 bits per heavy atom. The summed E-state index contributed by atoms with van der Waals surface area (Å²) in [6, 6.07) is 6.83. The zero-order chi connectivity index (χ0) is 13.0. The zero-order valence-electron chi connectivity index (χ0n) is 9.44. The van der Waals surface area contributed by atoms with E-state index >= 15 is 0 Å². The number of Topliss-reactive ketones (excluding diaryl/α,β-unsaturated/α-hetero) is 1. The molecule has 2 heterocycles. The number of nitro groups is 1. The Morgan fingerprint density at radius 2 is 2.28 bits per heavy atom. The lowest BCUT2D eigenvalue weighted by Crippen LogP contribution is -2.15. The van der Waals surface area contributed by atoms with Crippen LogP contribution in [0.15, 0.2) is 40.3 Å². The van der Waals surface area contributed by atoms with Crippen molar-refractivity contribution in [2.45, 2.75) is 12.3 Å². The molecule has 0 aromatic carbocycles. The Labute approximate surface area is 107 Å². The van der Waals surface area contributed by atoms with Gasteiger partial charge in [0.05, 0.1) is 12.2 Å². The molecule has 5 nitrogen and oxygen atoms in total. The van der Waals surface area contributed by atoms with E-state index in [-0.39, 0.29) is 29.4 Å². The number of furan rings is 1. The van der Waals surface area contributed by atoms with Gasteiger partial charge >= 0.3 is 0 Å². The third-order valence-electron chi connectivity index (χ3n) is 2.54. The molecular weight excluding hydrogens is 254 g/mol. The Hall–Kier alpha value is -1.95. The van der Waals surface area contributed by atoms with E-state index < -0.39 is 5.92 Å². The predicted molar refractivity (Wildman–Crippen MR) is 66.6 cm³/mol. The maximum absolute atomic E-state index is 11.9. The molecule has 6 heteroatoms. The molecule has 1 atom stereocenters. The van der Waals surface area contributed by atoms with Gasteiger partial charge in [-0.15, -0.1) is 11.3 Å². The third kappa shape index (κ3) is 3.04. The highest BCUT2D eigenvalue weighted by atomic mass is 32.1. The first-order chi connectivity index (χ1) is 8.66. The summed E-state index contributed by atoms with van der Waals surface area (Å²) in [5, 5.41) is 12.5. The summed E-state index contributed by atoms with van der Waals surface area (Å²) in [5.41, 5.74) is 0. The molecule has 0 saturated carbocycles. The van der Waals surface area contributed by atoms with E-state index in [0.29, 0.717) is 0 Å². The van der Waals surface area contributed by atoms with Crippen LogP contribution in [0.4, 0.5) is 0 Å². The first kappa shape index (κ1) is 12.5. The van der Waals surface area contributed by atoms with Gasteiger partial charge in [0.1, 0.15) is 0 Å². The van der Waals surface area contributed by atoms with Gasteiger partial charge in [-0.25, -0.2) is 0 Å². The zero-order valence-corrected chi connectivity index (χ0v) is 10.3. The number of nitrogens with zero attached hydrogens (tertiary/aromatic N) is 1. The van der Waals surface area contributed by atoms with Gasteiger partial charge in [-0.1, -0.05) is 6.07 Å². The molecule has 0 bridgehead atoms. The number of ketones is 1. The molecule has 18 heavy (non-hydrogen) atoms. The van der Waals surface area contributed by atoms with Gasteiger partial charge in [-0.3, -0.25) is 14.9 Å². The number of hydrogen-bond acceptors (Lipinski definition) is 5. The molecular formula is C12H11NO4S. The molecule has 0 aliphatic heterocycles. The molecule has 0 aliphatic rings. The van der Waals surface area contributed by atoms with Crippen molar-refractivity contribution in [2.75, 3.05) is 6.54 Å². The standard InChI is InChI=1S/C12H11NO4S/c14-10(11-3-1-5-17-11)7-9(8-13(15)16)12-4-2-6-18-12/h1-6,9H,7-8H2/t9-/m0/s1. The second-order valence-electron chi connectivity index (χ2n) is 3.83. The van der Waals surface area contributed by atoms with Crippen molar-refractivity contribution in [2.24, 2.45) is 0 Å². The average molecular weight is 265 g/mol. The van der Waals surface area contributed by atoms with Crippen molar-refractivity contribution < 1.29 is 14.1 Å². The number of hydrogen-bond donors (Lipinski definition) is 0. The fourth-order valence-electron chi connectivity index (χ4n) is 1.72. The van der Waals surface area contributed by atoms with Crippen molar-refractivity contribution in [1.29, 1.82) is 0 Å². The van der Waals surface area contributed by atoms with Crippen LogP contribution in [0.25, 0.3) is 0 Å². The van der Waals surface area contributed by atoms with Crippen LogP contribution in [0.3, 0.4) is 0 Å². The fraction of sp³-hybridized carbons (Fsp3) is 0.250. The minimum atomic E-state index is -0.391. The minimum Gasteiger partial charge on any atom is -0.461 e. The van der Waals surface area contributed by atoms with E-state index in [1.165, 1.54) is 17.6 Å². The smallest absolute Gasteiger partial charge is 0.211 e. The Kier molecular flexibility index (Phi) is 3.88. The topological polar surface area (TPSA) is 73.3 Å². The molecule has 2 rings (SSSR count). The number of carbonyl (C=O) groups is 1. The first-order valence-electron chi connectivity index (χ1n) is 5.38. The summed E-state index contributed by atoms with van der Waals surface area (Å²) < 4.78 is 5.00. The minimum absolute atomic E-state index is 0.0923. The highest BCUT2D eigenvalue weighted by Crippen LogP contribution is 2.26. The second kappa shape index (κ2) is 5.59. The molecule has 2 aromatic rings. The summed E-state index contributed by atoms with van der Waals surface area (Å²) in [6.07, 6.45) is 1.51. The van der Waals surface area contributed by atoms with E-state index in [9.17, 15) is 14.9 Å². The second-order valence-corrected chi connectivity index (χ2v) is 4.81. The van der Waals surface area contributed by atoms with Crippen LogP contribution in [0, 0.1) is 10.1 Å². The SMILES string of the molecule is O=C(C[C@@H](C[N+](=O)[O-])c1cccs1)c1ccco1. The normalized spacial score (nSPS) is 12.2. The van der Waals surface area contributed by atoms with E-state index in [4.69, 9.17) is 4.42 Å². The molecule has 0 aliphatic carbocycles. The number of carbonyl (C=O) groups excluding carboxylic acids is 1. The van der Waals surface area contributed by atoms with Crippen LogP contribution in [-0.2, 0) is 0 Å². The van der Waals surface area contributed by atoms with Gasteiger partial charge in [0.2, 0.25) is 6.54 Å². The van der Waals surface area contributed by atoms with Gasteiger partial charge in [-0.05, 0) is 23.6 Å². The summed E-state index contributed by atoms with van der Waals surface area (Å²) >= 11 is 1.42.